The van der Waals surface area contributed by atoms with Crippen LogP contribution in [0.25, 0.3) is 22.0 Å². The minimum absolute atomic E-state index is 0.589. The molecule has 3 aromatic rings. The van der Waals surface area contributed by atoms with Gasteiger partial charge in [-0.05, 0) is 55.1 Å². The Hall–Kier alpha value is -2.46. The zero-order valence-electron chi connectivity index (χ0n) is 16.2. The first-order valence-corrected chi connectivity index (χ1v) is 10.0. The van der Waals surface area contributed by atoms with Crippen LogP contribution in [0.2, 0.25) is 0 Å². The van der Waals surface area contributed by atoms with Gasteiger partial charge in [0.1, 0.15) is 0 Å². The molecular weight excluding hydrogens is 332 g/mol. The Kier molecular flexibility index (Phi) is 5.35. The SMILES string of the molecule is CCC(C)NCC1CCN(c2nccc(-c3ccc4ccccc4c3)n2)C1. The first kappa shape index (κ1) is 17.9. The van der Waals surface area contributed by atoms with E-state index in [1.165, 1.54) is 23.6 Å². The molecule has 0 amide bonds. The fourth-order valence-electron chi connectivity index (χ4n) is 3.70. The summed E-state index contributed by atoms with van der Waals surface area (Å²) in [6.45, 7) is 7.63. The second-order valence-electron chi connectivity index (χ2n) is 7.62. The fraction of sp³-hybridized carbons (Fsp3) is 0.391. The predicted octanol–water partition coefficient (Wildman–Crippen LogP) is 4.51. The first-order valence-electron chi connectivity index (χ1n) is 10.0. The lowest BCUT2D eigenvalue weighted by atomic mass is 10.1. The third-order valence-electron chi connectivity index (χ3n) is 5.62. The molecule has 140 valence electrons. The van der Waals surface area contributed by atoms with Crippen LogP contribution in [0.4, 0.5) is 5.95 Å². The van der Waals surface area contributed by atoms with Crippen molar-refractivity contribution in [3.63, 3.8) is 0 Å². The van der Waals surface area contributed by atoms with Gasteiger partial charge in [0.2, 0.25) is 5.95 Å². The van der Waals surface area contributed by atoms with Crippen LogP contribution in [0.5, 0.6) is 0 Å². The molecule has 1 aromatic heterocycles. The average Bonchev–Trinajstić information content (AvgIpc) is 3.21. The van der Waals surface area contributed by atoms with Crippen molar-refractivity contribution in [2.24, 2.45) is 5.92 Å². The van der Waals surface area contributed by atoms with Crippen molar-refractivity contribution in [3.8, 4) is 11.3 Å². The molecule has 0 aliphatic carbocycles. The van der Waals surface area contributed by atoms with Gasteiger partial charge in [0.25, 0.3) is 0 Å². The van der Waals surface area contributed by atoms with Crippen LogP contribution in [0.3, 0.4) is 0 Å². The first-order chi connectivity index (χ1) is 13.2. The van der Waals surface area contributed by atoms with Gasteiger partial charge in [-0.1, -0.05) is 43.3 Å². The van der Waals surface area contributed by atoms with Crippen molar-refractivity contribution in [2.45, 2.75) is 32.7 Å². The van der Waals surface area contributed by atoms with E-state index in [0.29, 0.717) is 12.0 Å². The van der Waals surface area contributed by atoms with Crippen LogP contribution in [-0.2, 0) is 0 Å². The number of nitrogens with zero attached hydrogens (tertiary/aromatic N) is 3. The molecule has 0 bridgehead atoms. The summed E-state index contributed by atoms with van der Waals surface area (Å²) < 4.78 is 0. The Morgan fingerprint density at radius 3 is 2.85 bits per heavy atom. The molecule has 4 heteroatoms. The highest BCUT2D eigenvalue weighted by Gasteiger charge is 2.24. The van der Waals surface area contributed by atoms with Crippen molar-refractivity contribution in [1.82, 2.24) is 15.3 Å². The smallest absolute Gasteiger partial charge is 0.225 e. The number of anilines is 1. The van der Waals surface area contributed by atoms with Gasteiger partial charge in [-0.25, -0.2) is 9.97 Å². The summed E-state index contributed by atoms with van der Waals surface area (Å²) in [7, 11) is 0. The molecule has 0 spiro atoms. The van der Waals surface area contributed by atoms with Crippen molar-refractivity contribution in [3.05, 3.63) is 54.7 Å². The number of aromatic nitrogens is 2. The van der Waals surface area contributed by atoms with Gasteiger partial charge in [0, 0.05) is 30.9 Å². The van der Waals surface area contributed by atoms with Crippen molar-refractivity contribution in [2.75, 3.05) is 24.5 Å². The highest BCUT2D eigenvalue weighted by atomic mass is 15.3. The lowest BCUT2D eigenvalue weighted by molar-refractivity contribution is 0.456. The zero-order valence-corrected chi connectivity index (χ0v) is 16.2. The third kappa shape index (κ3) is 4.11. The van der Waals surface area contributed by atoms with Crippen molar-refractivity contribution >= 4 is 16.7 Å². The molecule has 4 rings (SSSR count). The summed E-state index contributed by atoms with van der Waals surface area (Å²) in [5.74, 6) is 1.53. The van der Waals surface area contributed by atoms with Crippen LogP contribution in [-0.4, -0.2) is 35.6 Å². The lowest BCUT2D eigenvalue weighted by Crippen LogP contribution is -2.32. The molecule has 0 radical (unpaired) electrons. The van der Waals surface area contributed by atoms with E-state index in [2.05, 4.69) is 71.5 Å². The summed E-state index contributed by atoms with van der Waals surface area (Å²) >= 11 is 0. The van der Waals surface area contributed by atoms with E-state index in [0.717, 1.165) is 36.8 Å². The fourth-order valence-corrected chi connectivity index (χ4v) is 3.70. The molecular formula is C23H28N4. The zero-order chi connectivity index (χ0) is 18.6. The van der Waals surface area contributed by atoms with E-state index in [4.69, 9.17) is 4.98 Å². The Labute approximate surface area is 161 Å². The lowest BCUT2D eigenvalue weighted by Gasteiger charge is -2.18. The molecule has 27 heavy (non-hydrogen) atoms. The van der Waals surface area contributed by atoms with Crippen LogP contribution in [0, 0.1) is 5.92 Å². The Balaban J connectivity index is 1.49. The van der Waals surface area contributed by atoms with E-state index in [1.807, 2.05) is 12.3 Å². The van der Waals surface area contributed by atoms with E-state index in [1.54, 1.807) is 0 Å². The van der Waals surface area contributed by atoms with Gasteiger partial charge in [-0.3, -0.25) is 0 Å². The van der Waals surface area contributed by atoms with Gasteiger partial charge in [0.15, 0.2) is 0 Å². The van der Waals surface area contributed by atoms with Crippen LogP contribution < -0.4 is 10.2 Å². The third-order valence-corrected chi connectivity index (χ3v) is 5.62. The summed E-state index contributed by atoms with van der Waals surface area (Å²) in [5, 5.41) is 6.13. The second kappa shape index (κ2) is 8.05. The number of rotatable bonds is 6. The average molecular weight is 361 g/mol. The number of nitrogens with one attached hydrogen (secondary N) is 1. The Morgan fingerprint density at radius 1 is 1.15 bits per heavy atom. The van der Waals surface area contributed by atoms with Crippen LogP contribution in [0.15, 0.2) is 54.7 Å². The predicted molar refractivity (Wildman–Crippen MR) is 113 cm³/mol. The molecule has 4 nitrogen and oxygen atoms in total. The highest BCUT2D eigenvalue weighted by molar-refractivity contribution is 5.86. The molecule has 1 fully saturated rings. The molecule has 1 saturated heterocycles. The van der Waals surface area contributed by atoms with Crippen molar-refractivity contribution < 1.29 is 0 Å². The molecule has 0 saturated carbocycles. The van der Waals surface area contributed by atoms with Crippen LogP contribution >= 0.6 is 0 Å². The molecule has 1 N–H and O–H groups in total. The molecule has 2 heterocycles. The topological polar surface area (TPSA) is 41.0 Å². The molecule has 2 aromatic carbocycles. The molecule has 2 unspecified atom stereocenters. The van der Waals surface area contributed by atoms with E-state index < -0.39 is 0 Å². The van der Waals surface area contributed by atoms with E-state index in [-0.39, 0.29) is 0 Å². The monoisotopic (exact) mass is 360 g/mol. The summed E-state index contributed by atoms with van der Waals surface area (Å²) in [6.07, 6.45) is 4.26. The maximum absolute atomic E-state index is 4.87. The highest BCUT2D eigenvalue weighted by Crippen LogP contribution is 2.26. The Bertz CT molecular complexity index is 908. The van der Waals surface area contributed by atoms with Crippen LogP contribution in [0.1, 0.15) is 26.7 Å². The Morgan fingerprint density at radius 2 is 2.00 bits per heavy atom. The maximum Gasteiger partial charge on any atom is 0.225 e. The van der Waals surface area contributed by atoms with Crippen molar-refractivity contribution in [1.29, 1.82) is 0 Å². The van der Waals surface area contributed by atoms with Gasteiger partial charge in [0.05, 0.1) is 5.69 Å². The standard InChI is InChI=1S/C23H28N4/c1-3-17(2)25-15-18-11-13-27(16-18)23-24-12-10-22(26-23)21-9-8-19-6-4-5-7-20(19)14-21/h4-10,12,14,17-18,25H,3,11,13,15-16H2,1-2H3. The number of benzene rings is 2. The minimum Gasteiger partial charge on any atom is -0.340 e. The number of fused-ring (bicyclic) bond motifs is 1. The van der Waals surface area contributed by atoms with Gasteiger partial charge < -0.3 is 10.2 Å². The van der Waals surface area contributed by atoms with Gasteiger partial charge >= 0.3 is 0 Å². The number of hydrogen-bond donors (Lipinski definition) is 1. The molecule has 2 atom stereocenters. The number of hydrogen-bond acceptors (Lipinski definition) is 4. The van der Waals surface area contributed by atoms with Gasteiger partial charge in [-0.15, -0.1) is 0 Å². The summed E-state index contributed by atoms with van der Waals surface area (Å²) in [6, 6.07) is 17.6. The van der Waals surface area contributed by atoms with E-state index >= 15 is 0 Å². The summed E-state index contributed by atoms with van der Waals surface area (Å²) in [4.78, 5) is 11.7. The normalized spacial score (nSPS) is 18.1. The second-order valence-corrected chi connectivity index (χ2v) is 7.62. The molecule has 1 aliphatic rings. The van der Waals surface area contributed by atoms with Gasteiger partial charge in [-0.2, -0.15) is 0 Å². The molecule has 1 aliphatic heterocycles. The van der Waals surface area contributed by atoms with E-state index in [9.17, 15) is 0 Å². The quantitative estimate of drug-likeness (QED) is 0.702. The maximum atomic E-state index is 4.87. The largest absolute Gasteiger partial charge is 0.340 e. The summed E-state index contributed by atoms with van der Waals surface area (Å²) in [5.41, 5.74) is 2.14. The minimum atomic E-state index is 0.589.